The summed E-state index contributed by atoms with van der Waals surface area (Å²) in [5.41, 5.74) is 2.20. The van der Waals surface area contributed by atoms with Crippen molar-refractivity contribution in [2.45, 2.75) is 38.1 Å². The number of hydrogen-bond acceptors (Lipinski definition) is 9. The third-order valence-corrected chi connectivity index (χ3v) is 9.95. The van der Waals surface area contributed by atoms with Crippen molar-refractivity contribution in [1.29, 1.82) is 0 Å². The largest absolute Gasteiger partial charge is 0.493 e. The van der Waals surface area contributed by atoms with E-state index in [2.05, 4.69) is 14.4 Å². The van der Waals surface area contributed by atoms with Crippen molar-refractivity contribution < 1.29 is 41.7 Å². The van der Waals surface area contributed by atoms with Gasteiger partial charge in [0.15, 0.2) is 11.5 Å². The Morgan fingerprint density at radius 1 is 0.926 bits per heavy atom. The van der Waals surface area contributed by atoms with Gasteiger partial charge in [0, 0.05) is 44.7 Å². The minimum atomic E-state index is -4.45. The number of hydrogen-bond donors (Lipinski definition) is 1. The number of para-hydroxylation sites is 2. The van der Waals surface area contributed by atoms with E-state index >= 15 is 0 Å². The van der Waals surface area contributed by atoms with Crippen LogP contribution in [0.2, 0.25) is 0 Å². The van der Waals surface area contributed by atoms with Gasteiger partial charge in [0.2, 0.25) is 11.7 Å². The lowest BCUT2D eigenvalue weighted by Crippen LogP contribution is -2.35. The van der Waals surface area contributed by atoms with Gasteiger partial charge in [-0.15, -0.1) is 0 Å². The van der Waals surface area contributed by atoms with Crippen LogP contribution in [-0.2, 0) is 19.3 Å². The van der Waals surface area contributed by atoms with Crippen LogP contribution in [-0.4, -0.2) is 98.0 Å². The highest BCUT2D eigenvalue weighted by Gasteiger charge is 2.31. The Labute approximate surface area is 312 Å². The molecule has 11 nitrogen and oxygen atoms in total. The highest BCUT2D eigenvalue weighted by Crippen LogP contribution is 2.39. The second-order valence-corrected chi connectivity index (χ2v) is 13.4. The quantitative estimate of drug-likeness (QED) is 0.133. The monoisotopic (exact) mass is 749 g/mol. The van der Waals surface area contributed by atoms with E-state index in [1.807, 2.05) is 30.3 Å². The Balaban J connectivity index is 1.18. The first-order valence-electron chi connectivity index (χ1n) is 17.9. The summed E-state index contributed by atoms with van der Waals surface area (Å²) in [6, 6.07) is 20.0. The highest BCUT2D eigenvalue weighted by atomic mass is 19.4. The second kappa shape index (κ2) is 16.9. The number of nitrogens with zero attached hydrogens (tertiary/aromatic N) is 5. The number of aromatic nitrogens is 2. The number of methoxy groups -OCH3 is 3. The first-order chi connectivity index (χ1) is 26.0. The number of carbonyl (C=O) groups excluding carboxylic acids is 1. The first kappa shape index (κ1) is 38.5. The van der Waals surface area contributed by atoms with Crippen LogP contribution in [0.1, 0.15) is 51.8 Å². The molecule has 1 fully saturated rings. The van der Waals surface area contributed by atoms with E-state index in [1.54, 1.807) is 30.1 Å². The third kappa shape index (κ3) is 8.60. The van der Waals surface area contributed by atoms with E-state index in [4.69, 9.17) is 23.6 Å². The number of aliphatic hydroxyl groups is 1. The number of aliphatic hydroxyl groups excluding tert-OH is 1. The molecule has 0 radical (unpaired) electrons. The SMILES string of the molecule is COc1cc(C(=O)N(C)CC(CCN2CCCN(c3nc4ccccc4n3Cc3ccc(CO)o3)CC2)c2ccc(C(F)(F)F)cc2)cc(OC)c1OC. The van der Waals surface area contributed by atoms with Crippen LogP contribution in [0.15, 0.2) is 77.2 Å². The number of amides is 1. The normalized spacial score (nSPS) is 14.6. The molecule has 5 aromatic rings. The van der Waals surface area contributed by atoms with Crippen LogP contribution >= 0.6 is 0 Å². The molecule has 1 N–H and O–H groups in total. The molecule has 0 aliphatic carbocycles. The van der Waals surface area contributed by atoms with Gasteiger partial charge >= 0.3 is 6.18 Å². The lowest BCUT2D eigenvalue weighted by molar-refractivity contribution is -0.137. The van der Waals surface area contributed by atoms with Crippen LogP contribution in [0.4, 0.5) is 19.1 Å². The molecule has 0 bridgehead atoms. The van der Waals surface area contributed by atoms with Crippen LogP contribution in [0, 0.1) is 0 Å². The summed E-state index contributed by atoms with van der Waals surface area (Å²) in [6.07, 6.45) is -2.96. The molecule has 2 aromatic heterocycles. The predicted molar refractivity (Wildman–Crippen MR) is 199 cm³/mol. The average Bonchev–Trinajstić information content (AvgIpc) is 3.72. The fourth-order valence-electron chi connectivity index (χ4n) is 7.09. The van der Waals surface area contributed by atoms with Gasteiger partial charge in [-0.2, -0.15) is 13.2 Å². The molecule has 1 aliphatic rings. The van der Waals surface area contributed by atoms with E-state index in [0.29, 0.717) is 54.6 Å². The molecule has 0 spiro atoms. The van der Waals surface area contributed by atoms with Gasteiger partial charge in [0.25, 0.3) is 5.91 Å². The molecule has 1 saturated heterocycles. The molecular formula is C40H46F3N5O6. The van der Waals surface area contributed by atoms with Gasteiger partial charge in [0.05, 0.1) is 44.5 Å². The lowest BCUT2D eigenvalue weighted by Gasteiger charge is -2.28. The van der Waals surface area contributed by atoms with Gasteiger partial charge in [-0.25, -0.2) is 4.98 Å². The zero-order valence-electron chi connectivity index (χ0n) is 30.9. The second-order valence-electron chi connectivity index (χ2n) is 13.4. The Bertz CT molecular complexity index is 2000. The molecule has 288 valence electrons. The zero-order valence-corrected chi connectivity index (χ0v) is 30.9. The van der Waals surface area contributed by atoms with Crippen molar-refractivity contribution in [3.63, 3.8) is 0 Å². The Morgan fingerprint density at radius 3 is 2.28 bits per heavy atom. The third-order valence-electron chi connectivity index (χ3n) is 9.95. The lowest BCUT2D eigenvalue weighted by atomic mass is 9.93. The minimum Gasteiger partial charge on any atom is -0.493 e. The zero-order chi connectivity index (χ0) is 38.4. The van der Waals surface area contributed by atoms with Crippen molar-refractivity contribution in [3.05, 3.63) is 101 Å². The topological polar surface area (TPSA) is 106 Å². The van der Waals surface area contributed by atoms with Gasteiger partial charge < -0.3 is 43.0 Å². The van der Waals surface area contributed by atoms with Crippen molar-refractivity contribution in [1.82, 2.24) is 19.4 Å². The molecule has 14 heteroatoms. The smallest absolute Gasteiger partial charge is 0.416 e. The van der Waals surface area contributed by atoms with Crippen LogP contribution < -0.4 is 19.1 Å². The molecule has 54 heavy (non-hydrogen) atoms. The van der Waals surface area contributed by atoms with Crippen molar-refractivity contribution in [3.8, 4) is 17.2 Å². The first-order valence-corrected chi connectivity index (χ1v) is 17.9. The van der Waals surface area contributed by atoms with Crippen molar-refractivity contribution >= 4 is 22.9 Å². The summed E-state index contributed by atoms with van der Waals surface area (Å²) in [5, 5.41) is 9.52. The fourth-order valence-corrected chi connectivity index (χ4v) is 7.09. The van der Waals surface area contributed by atoms with E-state index in [0.717, 1.165) is 66.5 Å². The summed E-state index contributed by atoms with van der Waals surface area (Å²) >= 11 is 0. The van der Waals surface area contributed by atoms with Gasteiger partial charge in [-0.1, -0.05) is 24.3 Å². The number of alkyl halides is 3. The number of ether oxygens (including phenoxy) is 3. The van der Waals surface area contributed by atoms with Crippen LogP contribution in [0.5, 0.6) is 17.2 Å². The standard InChI is InChI=1S/C40H46F3N5O6/c1-45(38(50)29-22-35(51-2)37(53-4)36(23-29)52-3)24-28(27-10-12-30(13-11-27)40(41,42)43)16-19-46-17-7-18-47(21-20-46)39-44-33-8-5-6-9-34(33)48(39)25-31-14-15-32(26-49)54-31/h5-6,8-15,22-23,28,49H,7,16-21,24-26H2,1-4H3. The van der Waals surface area contributed by atoms with Gasteiger partial charge in [-0.3, -0.25) is 4.79 Å². The van der Waals surface area contributed by atoms with E-state index in [-0.39, 0.29) is 25.0 Å². The van der Waals surface area contributed by atoms with E-state index in [9.17, 15) is 23.1 Å². The summed E-state index contributed by atoms with van der Waals surface area (Å²) < 4.78 is 64.7. The Hall–Kier alpha value is -5.21. The Kier molecular flexibility index (Phi) is 12.0. The van der Waals surface area contributed by atoms with Gasteiger partial charge in [-0.05, 0) is 80.0 Å². The molecule has 1 unspecified atom stereocenters. The minimum absolute atomic E-state index is 0.168. The Morgan fingerprint density at radius 2 is 1.63 bits per heavy atom. The summed E-state index contributed by atoms with van der Waals surface area (Å²) in [6.45, 7) is 4.33. The fraction of sp³-hybridized carbons (Fsp3) is 0.400. The number of halogens is 3. The van der Waals surface area contributed by atoms with Gasteiger partial charge in [0.1, 0.15) is 18.1 Å². The number of anilines is 1. The molecule has 0 saturated carbocycles. The molecule has 3 aromatic carbocycles. The highest BCUT2D eigenvalue weighted by molar-refractivity contribution is 5.95. The molecule has 1 amide bonds. The summed E-state index contributed by atoms with van der Waals surface area (Å²) in [4.78, 5) is 25.0. The average molecular weight is 750 g/mol. The van der Waals surface area contributed by atoms with E-state index in [1.165, 1.54) is 33.5 Å². The molecule has 6 rings (SSSR count). The number of carbonyl (C=O) groups is 1. The maximum atomic E-state index is 13.8. The number of furan rings is 1. The van der Waals surface area contributed by atoms with Crippen LogP contribution in [0.25, 0.3) is 11.0 Å². The number of imidazole rings is 1. The summed E-state index contributed by atoms with van der Waals surface area (Å²) in [7, 11) is 6.12. The molecule has 3 heterocycles. The summed E-state index contributed by atoms with van der Waals surface area (Å²) in [5.74, 6) is 2.59. The number of benzene rings is 3. The molecule has 1 aliphatic heterocycles. The van der Waals surface area contributed by atoms with Crippen LogP contribution in [0.3, 0.4) is 0 Å². The number of rotatable bonds is 14. The predicted octanol–water partition coefficient (Wildman–Crippen LogP) is 6.67. The maximum absolute atomic E-state index is 13.8. The number of fused-ring (bicyclic) bond motifs is 1. The van der Waals surface area contributed by atoms with Crippen molar-refractivity contribution in [2.24, 2.45) is 0 Å². The van der Waals surface area contributed by atoms with Crippen molar-refractivity contribution in [2.75, 3.05) is 72.5 Å². The molecular weight excluding hydrogens is 703 g/mol. The molecule has 1 atom stereocenters. The number of likely N-dealkylation sites (N-methyl/N-ethyl adjacent to an activating group) is 1. The maximum Gasteiger partial charge on any atom is 0.416 e. The van der Waals surface area contributed by atoms with E-state index < -0.39 is 11.7 Å².